The van der Waals surface area contributed by atoms with Crippen molar-refractivity contribution in [1.29, 1.82) is 5.41 Å². The van der Waals surface area contributed by atoms with Gasteiger partial charge in [0.05, 0.1) is 6.20 Å². The molecule has 82 valence electrons. The van der Waals surface area contributed by atoms with E-state index in [0.717, 1.165) is 9.37 Å². The molecular formula is C10H8BrN3OS. The molecule has 0 amide bonds. The van der Waals surface area contributed by atoms with E-state index in [1.165, 1.54) is 18.0 Å². The van der Waals surface area contributed by atoms with Gasteiger partial charge in [0.25, 0.3) is 5.22 Å². The Hall–Kier alpha value is -1.27. The van der Waals surface area contributed by atoms with Crippen LogP contribution in [0.3, 0.4) is 0 Å². The van der Waals surface area contributed by atoms with Crippen LogP contribution in [0.25, 0.3) is 0 Å². The zero-order valence-corrected chi connectivity index (χ0v) is 10.5. The van der Waals surface area contributed by atoms with Crippen LogP contribution in [0.2, 0.25) is 0 Å². The molecule has 0 radical (unpaired) electrons. The van der Waals surface area contributed by atoms with E-state index in [0.29, 0.717) is 10.8 Å². The fourth-order valence-corrected chi connectivity index (χ4v) is 2.34. The molecule has 2 aromatic rings. The number of hydrogen-bond donors (Lipinski definition) is 2. The minimum Gasteiger partial charge on any atom is -0.440 e. The number of aromatic nitrogens is 1. The summed E-state index contributed by atoms with van der Waals surface area (Å²) in [6.07, 6.45) is 3.09. The normalized spacial score (nSPS) is 10.3. The number of hydrogen-bond acceptors (Lipinski definition) is 4. The maximum Gasteiger partial charge on any atom is 0.260 e. The number of oxazole rings is 1. The van der Waals surface area contributed by atoms with Crippen molar-refractivity contribution in [2.45, 2.75) is 10.1 Å². The summed E-state index contributed by atoms with van der Waals surface area (Å²) in [6, 6.07) is 5.56. The zero-order chi connectivity index (χ0) is 11.5. The van der Waals surface area contributed by atoms with Gasteiger partial charge in [-0.15, -0.1) is 0 Å². The van der Waals surface area contributed by atoms with Gasteiger partial charge in [-0.05, 0) is 30.0 Å². The summed E-state index contributed by atoms with van der Waals surface area (Å²) in [7, 11) is 0. The topological polar surface area (TPSA) is 75.9 Å². The van der Waals surface area contributed by atoms with E-state index in [4.69, 9.17) is 15.6 Å². The number of nitrogens with one attached hydrogen (secondary N) is 1. The predicted molar refractivity (Wildman–Crippen MR) is 65.8 cm³/mol. The molecule has 1 aromatic carbocycles. The number of nitrogen functional groups attached to an aromatic ring is 1. The maximum atomic E-state index is 7.49. The first-order valence-electron chi connectivity index (χ1n) is 4.38. The Morgan fingerprint density at radius 1 is 1.50 bits per heavy atom. The Kier molecular flexibility index (Phi) is 3.31. The quantitative estimate of drug-likeness (QED) is 0.675. The Labute approximate surface area is 105 Å². The fraction of sp³-hybridized carbons (Fsp3) is 0. The van der Waals surface area contributed by atoms with Gasteiger partial charge in [-0.2, -0.15) is 0 Å². The number of halogens is 1. The number of amidine groups is 1. The van der Waals surface area contributed by atoms with Gasteiger partial charge in [0.1, 0.15) is 12.1 Å². The highest BCUT2D eigenvalue weighted by Crippen LogP contribution is 2.30. The Bertz CT molecular complexity index is 513. The molecule has 0 saturated heterocycles. The lowest BCUT2D eigenvalue weighted by Gasteiger charge is -2.05. The molecule has 0 atom stereocenters. The maximum absolute atomic E-state index is 7.49. The van der Waals surface area contributed by atoms with Crippen molar-refractivity contribution >= 4 is 33.5 Å². The monoisotopic (exact) mass is 297 g/mol. The third-order valence-electron chi connectivity index (χ3n) is 1.84. The minimum absolute atomic E-state index is 0.0235. The van der Waals surface area contributed by atoms with Crippen LogP contribution in [0.5, 0.6) is 0 Å². The van der Waals surface area contributed by atoms with Crippen LogP contribution in [0.15, 0.2) is 49.7 Å². The summed E-state index contributed by atoms with van der Waals surface area (Å²) in [5, 5.41) is 8.03. The highest BCUT2D eigenvalue weighted by molar-refractivity contribution is 9.10. The van der Waals surface area contributed by atoms with Crippen molar-refractivity contribution in [3.63, 3.8) is 0 Å². The number of nitrogens with zero attached hydrogens (tertiary/aromatic N) is 1. The molecule has 1 aromatic heterocycles. The first-order valence-corrected chi connectivity index (χ1v) is 5.99. The largest absolute Gasteiger partial charge is 0.440 e. The van der Waals surface area contributed by atoms with Crippen LogP contribution in [-0.2, 0) is 0 Å². The number of rotatable bonds is 3. The molecular weight excluding hydrogens is 290 g/mol. The first kappa shape index (κ1) is 11.2. The van der Waals surface area contributed by atoms with Crippen LogP contribution < -0.4 is 5.73 Å². The van der Waals surface area contributed by atoms with Crippen molar-refractivity contribution in [1.82, 2.24) is 4.98 Å². The summed E-state index contributed by atoms with van der Waals surface area (Å²) < 4.78 is 6.01. The molecule has 4 nitrogen and oxygen atoms in total. The molecule has 0 aliphatic heterocycles. The third-order valence-corrected chi connectivity index (χ3v) is 3.28. The van der Waals surface area contributed by atoms with E-state index in [-0.39, 0.29) is 5.84 Å². The molecule has 0 saturated carbocycles. The second kappa shape index (κ2) is 4.71. The Morgan fingerprint density at radius 2 is 2.31 bits per heavy atom. The van der Waals surface area contributed by atoms with Gasteiger partial charge in [0.15, 0.2) is 0 Å². The number of nitrogens with two attached hydrogens (primary N) is 1. The number of benzene rings is 1. The SMILES string of the molecule is N=C(N)c1cc(Br)ccc1Sc1ncco1. The first-order chi connectivity index (χ1) is 7.66. The van der Waals surface area contributed by atoms with Crippen LogP contribution in [0, 0.1) is 5.41 Å². The standard InChI is InChI=1S/C10H8BrN3OS/c11-6-1-2-8(7(5-6)9(12)13)16-10-14-3-4-15-10/h1-5H,(H3,12,13). The average molecular weight is 298 g/mol. The predicted octanol–water partition coefficient (Wildman–Crippen LogP) is 2.87. The van der Waals surface area contributed by atoms with Crippen molar-refractivity contribution < 1.29 is 4.42 Å². The van der Waals surface area contributed by atoms with Crippen LogP contribution in [-0.4, -0.2) is 10.8 Å². The van der Waals surface area contributed by atoms with Crippen molar-refractivity contribution in [2.75, 3.05) is 0 Å². The molecule has 0 aliphatic rings. The van der Waals surface area contributed by atoms with Gasteiger partial charge in [-0.25, -0.2) is 4.98 Å². The van der Waals surface area contributed by atoms with E-state index < -0.39 is 0 Å². The lowest BCUT2D eigenvalue weighted by molar-refractivity contribution is 0.454. The molecule has 16 heavy (non-hydrogen) atoms. The highest BCUT2D eigenvalue weighted by Gasteiger charge is 2.09. The minimum atomic E-state index is 0.0235. The molecule has 0 aliphatic carbocycles. The van der Waals surface area contributed by atoms with E-state index in [1.807, 2.05) is 12.1 Å². The van der Waals surface area contributed by atoms with E-state index in [9.17, 15) is 0 Å². The molecule has 1 heterocycles. The summed E-state index contributed by atoms with van der Waals surface area (Å²) in [4.78, 5) is 4.85. The molecule has 0 spiro atoms. The highest BCUT2D eigenvalue weighted by atomic mass is 79.9. The smallest absolute Gasteiger partial charge is 0.260 e. The molecule has 6 heteroatoms. The fourth-order valence-electron chi connectivity index (χ4n) is 1.16. The summed E-state index contributed by atoms with van der Waals surface area (Å²) >= 11 is 4.68. The van der Waals surface area contributed by atoms with Crippen LogP contribution in [0.4, 0.5) is 0 Å². The van der Waals surface area contributed by atoms with Gasteiger partial charge in [-0.3, -0.25) is 5.41 Å². The second-order valence-corrected chi connectivity index (χ2v) is 4.86. The van der Waals surface area contributed by atoms with E-state index >= 15 is 0 Å². The van der Waals surface area contributed by atoms with Crippen molar-refractivity contribution in [3.05, 3.63) is 40.7 Å². The molecule has 0 unspecified atom stereocenters. The van der Waals surface area contributed by atoms with Crippen LogP contribution in [0.1, 0.15) is 5.56 Å². The van der Waals surface area contributed by atoms with Gasteiger partial charge >= 0.3 is 0 Å². The second-order valence-electron chi connectivity index (χ2n) is 2.95. The Balaban J connectivity index is 2.36. The van der Waals surface area contributed by atoms with E-state index in [2.05, 4.69) is 20.9 Å². The zero-order valence-electron chi connectivity index (χ0n) is 8.11. The van der Waals surface area contributed by atoms with Crippen molar-refractivity contribution in [3.8, 4) is 0 Å². The lowest BCUT2D eigenvalue weighted by Crippen LogP contribution is -2.12. The Morgan fingerprint density at radius 3 is 2.94 bits per heavy atom. The molecule has 3 N–H and O–H groups in total. The van der Waals surface area contributed by atoms with Crippen LogP contribution >= 0.6 is 27.7 Å². The summed E-state index contributed by atoms with van der Waals surface area (Å²) in [5.74, 6) is 0.0235. The average Bonchev–Trinajstić information content (AvgIpc) is 2.73. The summed E-state index contributed by atoms with van der Waals surface area (Å²) in [5.41, 5.74) is 6.17. The molecule has 0 fully saturated rings. The molecule has 2 rings (SSSR count). The third kappa shape index (κ3) is 2.45. The molecule has 0 bridgehead atoms. The lowest BCUT2D eigenvalue weighted by atomic mass is 10.2. The van der Waals surface area contributed by atoms with E-state index in [1.54, 1.807) is 12.3 Å². The van der Waals surface area contributed by atoms with Gasteiger partial charge in [0.2, 0.25) is 0 Å². The summed E-state index contributed by atoms with van der Waals surface area (Å²) in [6.45, 7) is 0. The van der Waals surface area contributed by atoms with Crippen molar-refractivity contribution in [2.24, 2.45) is 5.73 Å². The van der Waals surface area contributed by atoms with Gasteiger partial charge in [-0.1, -0.05) is 15.9 Å². The van der Waals surface area contributed by atoms with Gasteiger partial charge in [0, 0.05) is 14.9 Å². The van der Waals surface area contributed by atoms with Gasteiger partial charge < -0.3 is 10.2 Å².